The molecule has 1 amide bonds. The van der Waals surface area contributed by atoms with E-state index in [9.17, 15) is 9.18 Å². The summed E-state index contributed by atoms with van der Waals surface area (Å²) in [4.78, 5) is 18.0. The molecule has 3 N–H and O–H groups in total. The normalized spacial score (nSPS) is 11.0. The van der Waals surface area contributed by atoms with Crippen molar-refractivity contribution in [1.82, 2.24) is 15.3 Å². The van der Waals surface area contributed by atoms with Gasteiger partial charge in [0.15, 0.2) is 0 Å². The van der Waals surface area contributed by atoms with Gasteiger partial charge in [0, 0.05) is 23.6 Å². The monoisotopic (exact) mass is 427 g/mol. The van der Waals surface area contributed by atoms with Gasteiger partial charge in [-0.15, -0.1) is 0 Å². The van der Waals surface area contributed by atoms with Crippen molar-refractivity contribution >= 4 is 48.7 Å². The summed E-state index contributed by atoms with van der Waals surface area (Å²) in [5.74, 6) is -0.436. The lowest BCUT2D eigenvalue weighted by molar-refractivity contribution is 0.0949. The Kier molecular flexibility index (Phi) is 4.35. The zero-order valence-electron chi connectivity index (χ0n) is 11.3. The van der Waals surface area contributed by atoms with Gasteiger partial charge < -0.3 is 15.3 Å². The fourth-order valence-electron chi connectivity index (χ4n) is 2.30. The second kappa shape index (κ2) is 6.26. The molecule has 114 valence electrons. The fourth-order valence-corrected chi connectivity index (χ4v) is 2.95. The maximum Gasteiger partial charge on any atom is 0.267 e. The second-order valence-corrected chi connectivity index (χ2v) is 6.50. The predicted molar refractivity (Wildman–Crippen MR) is 90.5 cm³/mol. The Hall–Kier alpha value is -1.60. The molecule has 1 aromatic carbocycles. The highest BCUT2D eigenvalue weighted by molar-refractivity contribution is 9.13. The molecule has 2 aromatic heterocycles. The van der Waals surface area contributed by atoms with Crippen LogP contribution in [0.5, 0.6) is 0 Å². The third-order valence-corrected chi connectivity index (χ3v) is 5.16. The summed E-state index contributed by atoms with van der Waals surface area (Å²) >= 11 is 6.62. The summed E-state index contributed by atoms with van der Waals surface area (Å²) < 4.78 is 14.7. The SMILES string of the molecule is O=C(NCCc1c[nH]c2cc(F)ccc12)c1cc(Br)c(Br)[nH]1. The average Bonchev–Trinajstić information content (AvgIpc) is 3.03. The van der Waals surface area contributed by atoms with Crippen molar-refractivity contribution < 1.29 is 9.18 Å². The lowest BCUT2D eigenvalue weighted by atomic mass is 10.1. The molecule has 4 nitrogen and oxygen atoms in total. The van der Waals surface area contributed by atoms with Crippen molar-refractivity contribution in [2.75, 3.05) is 6.54 Å². The minimum atomic E-state index is -0.267. The highest BCUT2D eigenvalue weighted by Gasteiger charge is 2.11. The van der Waals surface area contributed by atoms with Crippen molar-refractivity contribution in [3.05, 3.63) is 56.6 Å². The summed E-state index contributed by atoms with van der Waals surface area (Å²) in [6.07, 6.45) is 2.51. The van der Waals surface area contributed by atoms with Crippen molar-refractivity contribution in [1.29, 1.82) is 0 Å². The Balaban J connectivity index is 1.63. The molecule has 0 spiro atoms. The van der Waals surface area contributed by atoms with Gasteiger partial charge in [0.25, 0.3) is 5.91 Å². The van der Waals surface area contributed by atoms with E-state index in [1.807, 2.05) is 6.20 Å². The Morgan fingerprint density at radius 2 is 2.09 bits per heavy atom. The number of benzene rings is 1. The molecule has 22 heavy (non-hydrogen) atoms. The number of carbonyl (C=O) groups is 1. The lowest BCUT2D eigenvalue weighted by Crippen LogP contribution is -2.25. The predicted octanol–water partition coefficient (Wildman–Crippen LogP) is 4.13. The zero-order chi connectivity index (χ0) is 15.7. The van der Waals surface area contributed by atoms with E-state index in [1.165, 1.54) is 12.1 Å². The third kappa shape index (κ3) is 3.10. The van der Waals surface area contributed by atoms with Gasteiger partial charge in [-0.3, -0.25) is 4.79 Å². The first-order valence-corrected chi connectivity index (χ1v) is 8.21. The van der Waals surface area contributed by atoms with Crippen LogP contribution in [0.1, 0.15) is 16.1 Å². The first-order valence-electron chi connectivity index (χ1n) is 6.62. The average molecular weight is 429 g/mol. The second-order valence-electron chi connectivity index (χ2n) is 4.85. The summed E-state index contributed by atoms with van der Waals surface area (Å²) in [5.41, 5.74) is 2.29. The quantitative estimate of drug-likeness (QED) is 0.574. The third-order valence-electron chi connectivity index (χ3n) is 3.38. The molecule has 0 aliphatic rings. The number of hydrogen-bond acceptors (Lipinski definition) is 1. The van der Waals surface area contributed by atoms with Crippen LogP contribution in [0.4, 0.5) is 4.39 Å². The van der Waals surface area contributed by atoms with Crippen LogP contribution >= 0.6 is 31.9 Å². The highest BCUT2D eigenvalue weighted by atomic mass is 79.9. The maximum absolute atomic E-state index is 13.1. The van der Waals surface area contributed by atoms with Gasteiger partial charge in [0.1, 0.15) is 11.5 Å². The van der Waals surface area contributed by atoms with Crippen LogP contribution in [-0.2, 0) is 6.42 Å². The number of rotatable bonds is 4. The molecule has 0 aliphatic heterocycles. The molecule has 7 heteroatoms. The first-order chi connectivity index (χ1) is 10.5. The Morgan fingerprint density at radius 3 is 2.82 bits per heavy atom. The van der Waals surface area contributed by atoms with Crippen LogP contribution in [0, 0.1) is 5.82 Å². The Bertz CT molecular complexity index is 821. The van der Waals surface area contributed by atoms with E-state index in [0.717, 1.165) is 25.5 Å². The van der Waals surface area contributed by atoms with Crippen molar-refractivity contribution in [3.8, 4) is 0 Å². The number of fused-ring (bicyclic) bond motifs is 1. The maximum atomic E-state index is 13.1. The molecule has 3 aromatic rings. The van der Waals surface area contributed by atoms with Gasteiger partial charge in [-0.1, -0.05) is 0 Å². The van der Waals surface area contributed by atoms with E-state index in [-0.39, 0.29) is 11.7 Å². The number of amides is 1. The largest absolute Gasteiger partial charge is 0.361 e. The number of hydrogen-bond donors (Lipinski definition) is 3. The van der Waals surface area contributed by atoms with Crippen LogP contribution in [0.3, 0.4) is 0 Å². The molecule has 0 atom stereocenters. The van der Waals surface area contributed by atoms with Crippen LogP contribution in [-0.4, -0.2) is 22.4 Å². The van der Waals surface area contributed by atoms with Gasteiger partial charge in [-0.05, 0) is 68.1 Å². The van der Waals surface area contributed by atoms with Gasteiger partial charge >= 0.3 is 0 Å². The lowest BCUT2D eigenvalue weighted by Gasteiger charge is -2.03. The number of H-pyrrole nitrogens is 2. The van der Waals surface area contributed by atoms with E-state index >= 15 is 0 Å². The van der Waals surface area contributed by atoms with Crippen LogP contribution < -0.4 is 5.32 Å². The molecule has 0 saturated carbocycles. The van der Waals surface area contributed by atoms with E-state index in [0.29, 0.717) is 18.7 Å². The standard InChI is InChI=1S/C15H12Br2FN3O/c16-11-6-13(21-14(11)17)15(22)19-4-3-8-7-20-12-5-9(18)1-2-10(8)12/h1-2,5-7,20-21H,3-4H2,(H,19,22). The zero-order valence-corrected chi connectivity index (χ0v) is 14.5. The highest BCUT2D eigenvalue weighted by Crippen LogP contribution is 2.23. The molecule has 2 heterocycles. The molecule has 0 unspecified atom stereocenters. The molecule has 0 radical (unpaired) electrons. The summed E-state index contributed by atoms with van der Waals surface area (Å²) in [7, 11) is 0. The van der Waals surface area contributed by atoms with Crippen molar-refractivity contribution in [2.24, 2.45) is 0 Å². The Morgan fingerprint density at radius 1 is 1.27 bits per heavy atom. The number of nitrogens with one attached hydrogen (secondary N) is 3. The molecule has 0 saturated heterocycles. The van der Waals surface area contributed by atoms with Gasteiger partial charge in [-0.25, -0.2) is 4.39 Å². The fraction of sp³-hybridized carbons (Fsp3) is 0.133. The summed E-state index contributed by atoms with van der Waals surface area (Å²) in [6.45, 7) is 0.497. The minimum Gasteiger partial charge on any atom is -0.361 e. The summed E-state index contributed by atoms with van der Waals surface area (Å²) in [5, 5.41) is 3.83. The number of aromatic nitrogens is 2. The van der Waals surface area contributed by atoms with E-state index in [2.05, 4.69) is 47.1 Å². The van der Waals surface area contributed by atoms with Crippen LogP contribution in [0.15, 0.2) is 39.5 Å². The minimum absolute atomic E-state index is 0.169. The van der Waals surface area contributed by atoms with E-state index < -0.39 is 0 Å². The van der Waals surface area contributed by atoms with Gasteiger partial charge in [0.2, 0.25) is 0 Å². The van der Waals surface area contributed by atoms with Crippen molar-refractivity contribution in [2.45, 2.75) is 6.42 Å². The molecule has 0 aliphatic carbocycles. The molecular weight excluding hydrogens is 417 g/mol. The topological polar surface area (TPSA) is 60.7 Å². The number of aromatic amines is 2. The van der Waals surface area contributed by atoms with Crippen molar-refractivity contribution in [3.63, 3.8) is 0 Å². The molecule has 3 rings (SSSR count). The number of carbonyl (C=O) groups excluding carboxylic acids is 1. The summed E-state index contributed by atoms with van der Waals surface area (Å²) in [6, 6.07) is 6.36. The van der Waals surface area contributed by atoms with Gasteiger partial charge in [0.05, 0.1) is 9.08 Å². The smallest absolute Gasteiger partial charge is 0.267 e. The van der Waals surface area contributed by atoms with Gasteiger partial charge in [-0.2, -0.15) is 0 Å². The van der Waals surface area contributed by atoms with E-state index in [4.69, 9.17) is 0 Å². The Labute approximate surface area is 142 Å². The van der Waals surface area contributed by atoms with Crippen LogP contribution in [0.2, 0.25) is 0 Å². The van der Waals surface area contributed by atoms with E-state index in [1.54, 1.807) is 12.1 Å². The van der Waals surface area contributed by atoms with Crippen LogP contribution in [0.25, 0.3) is 10.9 Å². The number of halogens is 3. The molecule has 0 fully saturated rings. The molecular formula is C15H12Br2FN3O. The molecule has 0 bridgehead atoms. The first kappa shape index (κ1) is 15.3.